The van der Waals surface area contributed by atoms with Gasteiger partial charge in [0.2, 0.25) is 16.0 Å². The van der Waals surface area contributed by atoms with E-state index in [1.165, 1.54) is 0 Å². The van der Waals surface area contributed by atoms with Gasteiger partial charge in [0.05, 0.1) is 4.83 Å². The Kier molecular flexibility index (Phi) is 5.51. The molecule has 1 rings (SSSR count). The first-order valence-corrected chi connectivity index (χ1v) is 6.93. The second-order valence-corrected chi connectivity index (χ2v) is 5.59. The minimum absolute atomic E-state index is 0.145. The average Bonchev–Trinajstić information content (AvgIpc) is 2.73. The van der Waals surface area contributed by atoms with Crippen molar-refractivity contribution in [3.63, 3.8) is 0 Å². The molecule has 9 heteroatoms. The maximum Gasteiger partial charge on any atom is 0.445 e. The molecule has 0 radical (unpaired) electrons. The number of unbranched alkanes of at least 4 members (excludes halogenated alkanes) is 1. The number of hydrogen-bond donors (Lipinski definition) is 1. The van der Waals surface area contributed by atoms with Crippen molar-refractivity contribution in [3.05, 3.63) is 5.01 Å². The molecule has 1 atom stereocenters. The number of carbonyl (C=O) groups is 1. The zero-order chi connectivity index (χ0) is 13.8. The smallest absolute Gasteiger partial charge is 0.300 e. The van der Waals surface area contributed by atoms with Crippen LogP contribution in [0.25, 0.3) is 0 Å². The van der Waals surface area contributed by atoms with Crippen LogP contribution < -0.4 is 5.32 Å². The molecule has 1 aromatic heterocycles. The molecule has 0 saturated carbocycles. The van der Waals surface area contributed by atoms with Crippen LogP contribution in [0.4, 0.5) is 18.3 Å². The van der Waals surface area contributed by atoms with Gasteiger partial charge in [-0.25, -0.2) is 0 Å². The fourth-order valence-corrected chi connectivity index (χ4v) is 2.14. The Morgan fingerprint density at radius 1 is 1.50 bits per heavy atom. The molecule has 18 heavy (non-hydrogen) atoms. The number of rotatable bonds is 5. The van der Waals surface area contributed by atoms with Crippen molar-refractivity contribution in [3.8, 4) is 0 Å². The summed E-state index contributed by atoms with van der Waals surface area (Å²) in [7, 11) is 0. The van der Waals surface area contributed by atoms with Crippen LogP contribution in [0.1, 0.15) is 31.2 Å². The summed E-state index contributed by atoms with van der Waals surface area (Å²) in [5, 5.41) is 7.34. The van der Waals surface area contributed by atoms with Crippen LogP contribution in [0, 0.1) is 0 Å². The van der Waals surface area contributed by atoms with Crippen molar-refractivity contribution in [1.82, 2.24) is 10.2 Å². The van der Waals surface area contributed by atoms with Crippen LogP contribution in [0.3, 0.4) is 0 Å². The Morgan fingerprint density at radius 3 is 2.67 bits per heavy atom. The molecule has 0 saturated heterocycles. The first kappa shape index (κ1) is 15.4. The van der Waals surface area contributed by atoms with Gasteiger partial charge in [-0.3, -0.25) is 10.1 Å². The highest BCUT2D eigenvalue weighted by Crippen LogP contribution is 2.33. The van der Waals surface area contributed by atoms with Gasteiger partial charge >= 0.3 is 6.18 Å². The quantitative estimate of drug-likeness (QED) is 0.831. The zero-order valence-electron chi connectivity index (χ0n) is 9.42. The predicted octanol–water partition coefficient (Wildman–Crippen LogP) is 3.45. The van der Waals surface area contributed by atoms with E-state index in [0.29, 0.717) is 17.8 Å². The molecule has 0 aliphatic carbocycles. The van der Waals surface area contributed by atoms with Crippen LogP contribution >= 0.6 is 27.3 Å². The Labute approximate surface area is 114 Å². The SMILES string of the molecule is CCCCC(Br)C(=O)Nc1nnc(C(F)(F)F)s1. The lowest BCUT2D eigenvalue weighted by atomic mass is 10.2. The fourth-order valence-electron chi connectivity index (χ4n) is 1.09. The van der Waals surface area contributed by atoms with E-state index in [2.05, 4.69) is 31.4 Å². The number of nitrogens with zero attached hydrogens (tertiary/aromatic N) is 2. The molecule has 1 unspecified atom stereocenters. The number of aromatic nitrogens is 2. The number of carbonyl (C=O) groups excluding carboxylic acids is 1. The van der Waals surface area contributed by atoms with Gasteiger partial charge in [0, 0.05) is 0 Å². The third-order valence-electron chi connectivity index (χ3n) is 1.99. The number of hydrogen-bond acceptors (Lipinski definition) is 4. The summed E-state index contributed by atoms with van der Waals surface area (Å²) in [6.07, 6.45) is -2.12. The number of nitrogens with one attached hydrogen (secondary N) is 1. The maximum absolute atomic E-state index is 12.2. The van der Waals surface area contributed by atoms with E-state index in [9.17, 15) is 18.0 Å². The van der Waals surface area contributed by atoms with Crippen LogP contribution in [-0.2, 0) is 11.0 Å². The summed E-state index contributed by atoms with van der Waals surface area (Å²) in [5.41, 5.74) is 0. The third kappa shape index (κ3) is 4.52. The summed E-state index contributed by atoms with van der Waals surface area (Å²) in [4.78, 5) is 11.1. The topological polar surface area (TPSA) is 54.9 Å². The van der Waals surface area contributed by atoms with Gasteiger partial charge in [-0.2, -0.15) is 13.2 Å². The number of halogens is 4. The van der Waals surface area contributed by atoms with E-state index in [4.69, 9.17) is 0 Å². The molecule has 0 fully saturated rings. The summed E-state index contributed by atoms with van der Waals surface area (Å²) in [5.74, 6) is -0.409. The molecule has 102 valence electrons. The Morgan fingerprint density at radius 2 is 2.17 bits per heavy atom. The zero-order valence-corrected chi connectivity index (χ0v) is 11.8. The average molecular weight is 346 g/mol. The van der Waals surface area contributed by atoms with Crippen molar-refractivity contribution in [2.24, 2.45) is 0 Å². The van der Waals surface area contributed by atoms with Crippen LogP contribution in [-0.4, -0.2) is 20.9 Å². The molecule has 0 bridgehead atoms. The number of anilines is 1. The number of amides is 1. The van der Waals surface area contributed by atoms with E-state index >= 15 is 0 Å². The molecule has 0 aliphatic rings. The molecule has 0 aromatic carbocycles. The molecule has 1 amide bonds. The van der Waals surface area contributed by atoms with Crippen molar-refractivity contribution < 1.29 is 18.0 Å². The second kappa shape index (κ2) is 6.46. The Bertz CT molecular complexity index is 410. The second-order valence-electron chi connectivity index (χ2n) is 3.51. The van der Waals surface area contributed by atoms with Gasteiger partial charge < -0.3 is 0 Å². The maximum atomic E-state index is 12.2. The van der Waals surface area contributed by atoms with Crippen LogP contribution in [0.5, 0.6) is 0 Å². The van der Waals surface area contributed by atoms with Crippen molar-refractivity contribution >= 4 is 38.3 Å². The van der Waals surface area contributed by atoms with Gasteiger partial charge in [0.1, 0.15) is 0 Å². The van der Waals surface area contributed by atoms with Gasteiger partial charge in [0.15, 0.2) is 0 Å². The molecule has 0 aliphatic heterocycles. The molecule has 1 aromatic rings. The van der Waals surface area contributed by atoms with E-state index in [-0.39, 0.29) is 5.13 Å². The van der Waals surface area contributed by atoms with Crippen LogP contribution in [0.2, 0.25) is 0 Å². The summed E-state index contributed by atoms with van der Waals surface area (Å²) in [6, 6.07) is 0. The third-order valence-corrected chi connectivity index (χ3v) is 3.75. The lowest BCUT2D eigenvalue weighted by Crippen LogP contribution is -2.22. The molecule has 1 heterocycles. The molecule has 1 N–H and O–H groups in total. The highest BCUT2D eigenvalue weighted by Gasteiger charge is 2.35. The van der Waals surface area contributed by atoms with Gasteiger partial charge in [-0.05, 0) is 6.42 Å². The lowest BCUT2D eigenvalue weighted by molar-refractivity contribution is -0.138. The molecule has 4 nitrogen and oxygen atoms in total. The monoisotopic (exact) mass is 345 g/mol. The van der Waals surface area contributed by atoms with E-state index in [0.717, 1.165) is 12.8 Å². The minimum Gasteiger partial charge on any atom is -0.300 e. The molecular formula is C9H11BrF3N3OS. The standard InChI is InChI=1S/C9H11BrF3N3OS/c1-2-3-4-5(10)6(17)14-8-16-15-7(18-8)9(11,12)13/h5H,2-4H2,1H3,(H,14,16,17). The van der Waals surface area contributed by atoms with E-state index < -0.39 is 21.9 Å². The van der Waals surface area contributed by atoms with Gasteiger partial charge in [0.25, 0.3) is 0 Å². The van der Waals surface area contributed by atoms with Gasteiger partial charge in [-0.15, -0.1) is 10.2 Å². The summed E-state index contributed by atoms with van der Waals surface area (Å²) >= 11 is 3.48. The minimum atomic E-state index is -4.53. The largest absolute Gasteiger partial charge is 0.445 e. The van der Waals surface area contributed by atoms with Crippen molar-refractivity contribution in [1.29, 1.82) is 0 Å². The highest BCUT2D eigenvalue weighted by atomic mass is 79.9. The van der Waals surface area contributed by atoms with E-state index in [1.807, 2.05) is 6.92 Å². The predicted molar refractivity (Wildman–Crippen MR) is 65.8 cm³/mol. The van der Waals surface area contributed by atoms with E-state index in [1.54, 1.807) is 0 Å². The van der Waals surface area contributed by atoms with Gasteiger partial charge in [-0.1, -0.05) is 47.0 Å². The summed E-state index contributed by atoms with van der Waals surface area (Å²) in [6.45, 7) is 1.98. The molecular weight excluding hydrogens is 335 g/mol. The fraction of sp³-hybridized carbons (Fsp3) is 0.667. The normalized spacial score (nSPS) is 13.4. The van der Waals surface area contributed by atoms with Crippen LogP contribution in [0.15, 0.2) is 0 Å². The van der Waals surface area contributed by atoms with Crippen molar-refractivity contribution in [2.45, 2.75) is 37.2 Å². The highest BCUT2D eigenvalue weighted by molar-refractivity contribution is 9.10. The first-order chi connectivity index (χ1) is 8.34. The van der Waals surface area contributed by atoms with Crippen molar-refractivity contribution in [2.75, 3.05) is 5.32 Å². The lowest BCUT2D eigenvalue weighted by Gasteiger charge is -2.07. The number of alkyl halides is 4. The molecule has 0 spiro atoms. The Hall–Kier alpha value is -0.700. The summed E-state index contributed by atoms with van der Waals surface area (Å²) < 4.78 is 36.7. The first-order valence-electron chi connectivity index (χ1n) is 5.20. The Balaban J connectivity index is 2.57.